The minimum atomic E-state index is -4.86. The first-order chi connectivity index (χ1) is 7.69. The smallest absolute Gasteiger partial charge is 0.449 e. The monoisotopic (exact) mass is 284 g/mol. The molecule has 18 heavy (non-hydrogen) atoms. The Kier molecular flexibility index (Phi) is 6.94. The van der Waals surface area contributed by atoms with Crippen LogP contribution in [-0.4, -0.2) is 6.98 Å². The van der Waals surface area contributed by atoms with Gasteiger partial charge in [0, 0.05) is 12.2 Å². The van der Waals surface area contributed by atoms with Crippen molar-refractivity contribution in [1.82, 2.24) is 0 Å². The van der Waals surface area contributed by atoms with E-state index < -0.39 is 13.3 Å². The minimum absolute atomic E-state index is 0. The van der Waals surface area contributed by atoms with Crippen molar-refractivity contribution in [2.45, 2.75) is 33.6 Å². The van der Waals surface area contributed by atoms with Gasteiger partial charge >= 0.3 is 58.4 Å². The van der Waals surface area contributed by atoms with Crippen LogP contribution in [0, 0.1) is 20.8 Å². The van der Waals surface area contributed by atoms with Gasteiger partial charge in [0.05, 0.1) is 0 Å². The van der Waals surface area contributed by atoms with Gasteiger partial charge in [-0.2, -0.15) is 0 Å². The maximum atomic E-state index is 12.6. The summed E-state index contributed by atoms with van der Waals surface area (Å²) < 4.78 is 37.7. The van der Waals surface area contributed by atoms with Gasteiger partial charge in [-0.3, -0.25) is 0 Å². The summed E-state index contributed by atoms with van der Waals surface area (Å²) in [6.45, 7) is 0.448. The van der Waals surface area contributed by atoms with Gasteiger partial charge in [0.15, 0.2) is 0 Å². The molecule has 7 heteroatoms. The van der Waals surface area contributed by atoms with Gasteiger partial charge < -0.3 is 24.4 Å². The molecular weight excluding hydrogens is 267 g/mol. The zero-order valence-electron chi connectivity index (χ0n) is 11.3. The zero-order chi connectivity index (χ0) is 13.4. The second kappa shape index (κ2) is 6.76. The standard InChI is InChI=1S/C11H17BF3N2.K/c1-6-9(4-12(13,14)15)7(2)11(17)8(3)10(6)5-16;/h4-5,16-17H2,1-3H3;/q-1;+1. The molecule has 1 aromatic rings. The van der Waals surface area contributed by atoms with Crippen LogP contribution in [0.3, 0.4) is 0 Å². The van der Waals surface area contributed by atoms with Gasteiger partial charge in [0.2, 0.25) is 0 Å². The molecule has 1 aromatic carbocycles. The van der Waals surface area contributed by atoms with Crippen molar-refractivity contribution in [1.29, 1.82) is 0 Å². The Bertz CT molecular complexity index is 447. The van der Waals surface area contributed by atoms with E-state index in [1.165, 1.54) is 0 Å². The van der Waals surface area contributed by atoms with Crippen molar-refractivity contribution in [2.24, 2.45) is 5.73 Å². The summed E-state index contributed by atoms with van der Waals surface area (Å²) in [5, 5.41) is 0. The summed E-state index contributed by atoms with van der Waals surface area (Å²) in [4.78, 5) is 0. The van der Waals surface area contributed by atoms with Gasteiger partial charge in [-0.25, -0.2) is 0 Å². The third kappa shape index (κ3) is 3.98. The average molecular weight is 284 g/mol. The number of anilines is 1. The maximum Gasteiger partial charge on any atom is 1.00 e. The zero-order valence-corrected chi connectivity index (χ0v) is 14.4. The fourth-order valence-corrected chi connectivity index (χ4v) is 2.19. The van der Waals surface area contributed by atoms with Crippen molar-refractivity contribution in [3.05, 3.63) is 27.8 Å². The molecule has 0 radical (unpaired) electrons. The Morgan fingerprint density at radius 2 is 1.39 bits per heavy atom. The van der Waals surface area contributed by atoms with Gasteiger partial charge in [0.25, 0.3) is 0 Å². The summed E-state index contributed by atoms with van der Waals surface area (Å²) in [6, 6.07) is 0. The SMILES string of the molecule is Cc1c(N)c(C)c(C[B-](F)(F)F)c(C)c1CN.[K+]. The Morgan fingerprint density at radius 1 is 0.944 bits per heavy atom. The van der Waals surface area contributed by atoms with Crippen LogP contribution < -0.4 is 62.9 Å². The summed E-state index contributed by atoms with van der Waals surface area (Å²) in [5.41, 5.74) is 14.8. The molecule has 0 aliphatic rings. The molecule has 0 atom stereocenters. The first-order valence-electron chi connectivity index (χ1n) is 5.47. The molecular formula is C11H17BF3KN2. The van der Waals surface area contributed by atoms with E-state index in [0.717, 1.165) is 11.1 Å². The van der Waals surface area contributed by atoms with E-state index in [1.807, 2.05) is 0 Å². The third-order valence-corrected chi connectivity index (χ3v) is 3.26. The Hall–Kier alpha value is 0.471. The van der Waals surface area contributed by atoms with Crippen LogP contribution >= 0.6 is 0 Å². The molecule has 0 aliphatic heterocycles. The van der Waals surface area contributed by atoms with E-state index in [-0.39, 0.29) is 63.5 Å². The summed E-state index contributed by atoms with van der Waals surface area (Å²) >= 11 is 0. The molecule has 0 unspecified atom stereocenters. The van der Waals surface area contributed by atoms with Crippen LogP contribution in [0.25, 0.3) is 0 Å². The normalized spacial score (nSPS) is 11.3. The van der Waals surface area contributed by atoms with E-state index in [9.17, 15) is 12.9 Å². The molecule has 0 spiro atoms. The number of halogens is 3. The second-order valence-corrected chi connectivity index (χ2v) is 4.36. The number of hydrogen-bond acceptors (Lipinski definition) is 2. The molecule has 0 saturated heterocycles. The number of rotatable bonds is 3. The predicted molar refractivity (Wildman–Crippen MR) is 65.7 cm³/mol. The number of nitrogen functional groups attached to an aromatic ring is 1. The fourth-order valence-electron chi connectivity index (χ4n) is 2.19. The summed E-state index contributed by atoms with van der Waals surface area (Å²) in [7, 11) is 0. The molecule has 1 rings (SSSR count). The molecule has 0 amide bonds. The molecule has 0 bridgehead atoms. The van der Waals surface area contributed by atoms with Crippen molar-refractivity contribution in [3.63, 3.8) is 0 Å². The van der Waals surface area contributed by atoms with E-state index >= 15 is 0 Å². The van der Waals surface area contributed by atoms with Crippen LogP contribution in [0.15, 0.2) is 0 Å². The fraction of sp³-hybridized carbons (Fsp3) is 0.455. The quantitative estimate of drug-likeness (QED) is 0.585. The summed E-state index contributed by atoms with van der Waals surface area (Å²) in [6.07, 6.45) is -0.894. The molecule has 4 N–H and O–H groups in total. The van der Waals surface area contributed by atoms with Crippen molar-refractivity contribution >= 4 is 12.7 Å². The molecule has 0 aliphatic carbocycles. The van der Waals surface area contributed by atoms with Crippen molar-refractivity contribution in [2.75, 3.05) is 5.73 Å². The first-order valence-corrected chi connectivity index (χ1v) is 5.47. The summed E-state index contributed by atoms with van der Waals surface area (Å²) in [5.74, 6) is 0. The van der Waals surface area contributed by atoms with Crippen LogP contribution in [0.1, 0.15) is 27.8 Å². The van der Waals surface area contributed by atoms with E-state index in [1.54, 1.807) is 20.8 Å². The van der Waals surface area contributed by atoms with Crippen LogP contribution in [0.5, 0.6) is 0 Å². The minimum Gasteiger partial charge on any atom is -0.449 e. The van der Waals surface area contributed by atoms with E-state index in [4.69, 9.17) is 11.5 Å². The third-order valence-electron chi connectivity index (χ3n) is 3.26. The number of hydrogen-bond donors (Lipinski definition) is 2. The Balaban J connectivity index is 0.00000289. The first kappa shape index (κ1) is 18.5. The van der Waals surface area contributed by atoms with Crippen LogP contribution in [0.4, 0.5) is 18.6 Å². The number of nitrogens with two attached hydrogens (primary N) is 2. The molecule has 0 heterocycles. The van der Waals surface area contributed by atoms with Gasteiger partial charge in [0.1, 0.15) is 0 Å². The van der Waals surface area contributed by atoms with Gasteiger partial charge in [-0.05, 0) is 43.0 Å². The van der Waals surface area contributed by atoms with E-state index in [0.29, 0.717) is 16.8 Å². The van der Waals surface area contributed by atoms with E-state index in [2.05, 4.69) is 0 Å². The Morgan fingerprint density at radius 3 is 1.78 bits per heavy atom. The van der Waals surface area contributed by atoms with Gasteiger partial charge in [-0.1, -0.05) is 11.9 Å². The maximum absolute atomic E-state index is 12.6. The van der Waals surface area contributed by atoms with Gasteiger partial charge in [-0.15, -0.1) is 0 Å². The van der Waals surface area contributed by atoms with Crippen LogP contribution in [0.2, 0.25) is 0 Å². The second-order valence-electron chi connectivity index (χ2n) is 4.36. The number of benzene rings is 1. The molecule has 2 nitrogen and oxygen atoms in total. The topological polar surface area (TPSA) is 52.0 Å². The molecule has 0 fully saturated rings. The van der Waals surface area contributed by atoms with Crippen LogP contribution in [-0.2, 0) is 12.9 Å². The predicted octanol–water partition coefficient (Wildman–Crippen LogP) is -0.414. The molecule has 0 saturated carbocycles. The van der Waals surface area contributed by atoms with Crippen molar-refractivity contribution < 1.29 is 64.3 Å². The molecule has 0 aromatic heterocycles. The average Bonchev–Trinajstić information content (AvgIpc) is 2.21. The molecule has 96 valence electrons. The Labute approximate surface area is 148 Å². The largest absolute Gasteiger partial charge is 1.00 e. The van der Waals surface area contributed by atoms with Crippen molar-refractivity contribution in [3.8, 4) is 0 Å².